The highest BCUT2D eigenvalue weighted by Gasteiger charge is 2.35. The minimum Gasteiger partial charge on any atom is -0.378 e. The molecule has 9 heteroatoms. The SMILES string of the molecule is CCNC(=NCc1ccc(N2CCOCC2)cc1C(F)(F)F)NC1CC1C.I. The van der Waals surface area contributed by atoms with Crippen LogP contribution in [0.25, 0.3) is 0 Å². The molecular weight excluding hydrogens is 484 g/mol. The van der Waals surface area contributed by atoms with Gasteiger partial charge >= 0.3 is 6.18 Å². The Morgan fingerprint density at radius 2 is 1.96 bits per heavy atom. The topological polar surface area (TPSA) is 48.9 Å². The Labute approximate surface area is 181 Å². The van der Waals surface area contributed by atoms with E-state index < -0.39 is 11.7 Å². The molecule has 0 spiro atoms. The zero-order chi connectivity index (χ0) is 19.4. The fourth-order valence-electron chi connectivity index (χ4n) is 3.17. The summed E-state index contributed by atoms with van der Waals surface area (Å²) in [7, 11) is 0. The maximum atomic E-state index is 13.6. The molecule has 2 atom stereocenters. The Hall–Kier alpha value is -1.23. The minimum absolute atomic E-state index is 0. The van der Waals surface area contributed by atoms with Gasteiger partial charge in [0, 0.05) is 31.4 Å². The predicted molar refractivity (Wildman–Crippen MR) is 115 cm³/mol. The van der Waals surface area contributed by atoms with Crippen LogP contribution < -0.4 is 15.5 Å². The average molecular weight is 512 g/mol. The van der Waals surface area contributed by atoms with E-state index >= 15 is 0 Å². The molecule has 0 radical (unpaired) electrons. The van der Waals surface area contributed by atoms with Gasteiger partial charge in [-0.3, -0.25) is 0 Å². The Morgan fingerprint density at radius 3 is 2.54 bits per heavy atom. The van der Waals surface area contributed by atoms with Crippen LogP contribution in [0.3, 0.4) is 0 Å². The van der Waals surface area contributed by atoms with Crippen molar-refractivity contribution < 1.29 is 17.9 Å². The fraction of sp³-hybridized carbons (Fsp3) is 0.632. The maximum Gasteiger partial charge on any atom is 0.416 e. The minimum atomic E-state index is -4.41. The van der Waals surface area contributed by atoms with Gasteiger partial charge in [0.05, 0.1) is 25.3 Å². The number of guanidine groups is 1. The Morgan fingerprint density at radius 1 is 1.29 bits per heavy atom. The molecule has 1 aromatic rings. The van der Waals surface area contributed by atoms with E-state index in [4.69, 9.17) is 4.74 Å². The summed E-state index contributed by atoms with van der Waals surface area (Å²) in [6.07, 6.45) is -3.35. The lowest BCUT2D eigenvalue weighted by molar-refractivity contribution is -0.138. The first kappa shape index (κ1) is 23.1. The van der Waals surface area contributed by atoms with Gasteiger partial charge in [-0.1, -0.05) is 13.0 Å². The van der Waals surface area contributed by atoms with Crippen LogP contribution in [0.2, 0.25) is 0 Å². The molecule has 28 heavy (non-hydrogen) atoms. The summed E-state index contributed by atoms with van der Waals surface area (Å²) in [5.41, 5.74) is 0.140. The average Bonchev–Trinajstić information content (AvgIpc) is 3.34. The van der Waals surface area contributed by atoms with Gasteiger partial charge < -0.3 is 20.3 Å². The van der Waals surface area contributed by atoms with E-state index in [1.54, 1.807) is 12.1 Å². The molecule has 2 fully saturated rings. The monoisotopic (exact) mass is 512 g/mol. The molecular formula is C19H28F3IN4O. The molecule has 1 saturated heterocycles. The number of nitrogens with one attached hydrogen (secondary N) is 2. The van der Waals surface area contributed by atoms with Crippen molar-refractivity contribution in [2.24, 2.45) is 10.9 Å². The first-order valence-electron chi connectivity index (χ1n) is 9.46. The predicted octanol–water partition coefficient (Wildman–Crippen LogP) is 3.62. The molecule has 1 heterocycles. The third-order valence-electron chi connectivity index (χ3n) is 4.96. The molecule has 0 aromatic heterocycles. The normalized spacial score (nSPS) is 22.5. The van der Waals surface area contributed by atoms with Gasteiger partial charge in [-0.2, -0.15) is 13.2 Å². The molecule has 1 aliphatic heterocycles. The van der Waals surface area contributed by atoms with Gasteiger partial charge in [0.15, 0.2) is 5.96 Å². The van der Waals surface area contributed by atoms with Crippen LogP contribution in [0, 0.1) is 5.92 Å². The summed E-state index contributed by atoms with van der Waals surface area (Å²) < 4.78 is 46.1. The second-order valence-corrected chi connectivity index (χ2v) is 7.10. The number of anilines is 1. The third kappa shape index (κ3) is 6.13. The number of ether oxygens (including phenoxy) is 1. The van der Waals surface area contributed by atoms with Gasteiger partial charge in [-0.05, 0) is 37.0 Å². The zero-order valence-electron chi connectivity index (χ0n) is 16.2. The van der Waals surface area contributed by atoms with E-state index in [0.717, 1.165) is 6.42 Å². The summed E-state index contributed by atoms with van der Waals surface area (Å²) in [5, 5.41) is 6.37. The van der Waals surface area contributed by atoms with Crippen molar-refractivity contribution in [1.29, 1.82) is 0 Å². The van der Waals surface area contributed by atoms with Crippen LogP contribution in [-0.2, 0) is 17.5 Å². The number of morpholine rings is 1. The van der Waals surface area contributed by atoms with Crippen LogP contribution in [0.1, 0.15) is 31.4 Å². The Bertz CT molecular complexity index is 678. The largest absolute Gasteiger partial charge is 0.416 e. The highest BCUT2D eigenvalue weighted by molar-refractivity contribution is 14.0. The van der Waals surface area contributed by atoms with Crippen LogP contribution >= 0.6 is 24.0 Å². The van der Waals surface area contributed by atoms with E-state index in [1.165, 1.54) is 6.07 Å². The van der Waals surface area contributed by atoms with Crippen molar-refractivity contribution in [3.63, 3.8) is 0 Å². The molecule has 2 aliphatic rings. The molecule has 3 rings (SSSR count). The van der Waals surface area contributed by atoms with Crippen LogP contribution in [0.4, 0.5) is 18.9 Å². The summed E-state index contributed by atoms with van der Waals surface area (Å²) in [6, 6.07) is 4.88. The molecule has 0 bridgehead atoms. The highest BCUT2D eigenvalue weighted by Crippen LogP contribution is 2.35. The van der Waals surface area contributed by atoms with Crippen molar-refractivity contribution >= 4 is 35.6 Å². The molecule has 1 aromatic carbocycles. The number of halogens is 4. The van der Waals surface area contributed by atoms with Crippen LogP contribution in [0.5, 0.6) is 0 Å². The number of nitrogens with zero attached hydrogens (tertiary/aromatic N) is 2. The number of hydrogen-bond acceptors (Lipinski definition) is 3. The number of alkyl halides is 3. The van der Waals surface area contributed by atoms with E-state index in [0.29, 0.717) is 56.5 Å². The second-order valence-electron chi connectivity index (χ2n) is 7.10. The molecule has 2 unspecified atom stereocenters. The number of aliphatic imine (C=N–C) groups is 1. The molecule has 0 amide bonds. The molecule has 1 aliphatic carbocycles. The summed E-state index contributed by atoms with van der Waals surface area (Å²) >= 11 is 0. The van der Waals surface area contributed by atoms with Crippen molar-refractivity contribution in [2.75, 3.05) is 37.7 Å². The lowest BCUT2D eigenvalue weighted by Crippen LogP contribution is -2.39. The maximum absolute atomic E-state index is 13.6. The Kier molecular flexibility index (Phi) is 8.23. The molecule has 2 N–H and O–H groups in total. The molecule has 158 valence electrons. The lowest BCUT2D eigenvalue weighted by atomic mass is 10.1. The second kappa shape index (κ2) is 10.00. The van der Waals surface area contributed by atoms with E-state index in [1.807, 2.05) is 11.8 Å². The third-order valence-corrected chi connectivity index (χ3v) is 4.96. The van der Waals surface area contributed by atoms with E-state index in [9.17, 15) is 13.2 Å². The summed E-state index contributed by atoms with van der Waals surface area (Å²) in [4.78, 5) is 6.30. The van der Waals surface area contributed by atoms with Crippen molar-refractivity contribution in [3.05, 3.63) is 29.3 Å². The lowest BCUT2D eigenvalue weighted by Gasteiger charge is -2.29. The van der Waals surface area contributed by atoms with Gasteiger partial charge in [-0.15, -0.1) is 24.0 Å². The fourth-order valence-corrected chi connectivity index (χ4v) is 3.17. The van der Waals surface area contributed by atoms with E-state index in [2.05, 4.69) is 22.5 Å². The van der Waals surface area contributed by atoms with Gasteiger partial charge in [0.25, 0.3) is 0 Å². The summed E-state index contributed by atoms with van der Waals surface area (Å²) in [5.74, 6) is 1.14. The highest BCUT2D eigenvalue weighted by atomic mass is 127. The smallest absolute Gasteiger partial charge is 0.378 e. The van der Waals surface area contributed by atoms with E-state index in [-0.39, 0.29) is 36.1 Å². The van der Waals surface area contributed by atoms with Crippen molar-refractivity contribution in [3.8, 4) is 0 Å². The van der Waals surface area contributed by atoms with Gasteiger partial charge in [0.1, 0.15) is 0 Å². The van der Waals surface area contributed by atoms with Gasteiger partial charge in [-0.25, -0.2) is 4.99 Å². The first-order chi connectivity index (χ1) is 12.9. The summed E-state index contributed by atoms with van der Waals surface area (Å²) in [6.45, 7) is 6.98. The molecule has 5 nitrogen and oxygen atoms in total. The van der Waals surface area contributed by atoms with Crippen molar-refractivity contribution in [2.45, 2.75) is 39.0 Å². The van der Waals surface area contributed by atoms with Crippen LogP contribution in [0.15, 0.2) is 23.2 Å². The van der Waals surface area contributed by atoms with Crippen LogP contribution in [-0.4, -0.2) is 44.8 Å². The molecule has 1 saturated carbocycles. The quantitative estimate of drug-likeness (QED) is 0.360. The van der Waals surface area contributed by atoms with Crippen molar-refractivity contribution in [1.82, 2.24) is 10.6 Å². The number of rotatable bonds is 5. The number of hydrogen-bond donors (Lipinski definition) is 2. The van der Waals surface area contributed by atoms with Gasteiger partial charge in [0.2, 0.25) is 0 Å². The first-order valence-corrected chi connectivity index (χ1v) is 9.46. The number of benzene rings is 1. The standard InChI is InChI=1S/C19H27F3N4O.HI/c1-3-23-18(25-17-10-13(17)2)24-12-14-4-5-15(11-16(14)19(20,21)22)26-6-8-27-9-7-26;/h4-5,11,13,17H,3,6-10,12H2,1-2H3,(H2,23,24,25);1H. The Balaban J connectivity index is 0.00000280. The zero-order valence-corrected chi connectivity index (χ0v) is 18.5.